The summed E-state index contributed by atoms with van der Waals surface area (Å²) in [7, 11) is -3.74. The van der Waals surface area contributed by atoms with E-state index in [0.29, 0.717) is 27.5 Å². The van der Waals surface area contributed by atoms with Crippen LogP contribution in [-0.2, 0) is 19.6 Å². The quantitative estimate of drug-likeness (QED) is 0.667. The minimum absolute atomic E-state index is 0.233. The van der Waals surface area contributed by atoms with Crippen LogP contribution < -0.4 is 9.62 Å². The third-order valence-electron chi connectivity index (χ3n) is 4.22. The minimum Gasteiger partial charge on any atom is -0.462 e. The molecule has 0 saturated heterocycles. The number of aryl methyl sites for hydroxylation is 1. The second kappa shape index (κ2) is 9.28. The predicted octanol–water partition coefficient (Wildman–Crippen LogP) is 3.54. The molecule has 0 radical (unpaired) electrons. The van der Waals surface area contributed by atoms with E-state index in [9.17, 15) is 18.0 Å². The maximum atomic E-state index is 12.6. The molecule has 0 heterocycles. The molecule has 1 amide bonds. The Hall–Kier alpha value is -2.58. The number of rotatable bonds is 7. The Kier molecular flexibility index (Phi) is 7.26. The van der Waals surface area contributed by atoms with Crippen LogP contribution >= 0.6 is 11.6 Å². The Bertz CT molecular complexity index is 1040. The molecule has 29 heavy (non-hydrogen) atoms. The molecule has 2 aromatic carbocycles. The van der Waals surface area contributed by atoms with Gasteiger partial charge in [0.05, 0.1) is 24.1 Å². The highest BCUT2D eigenvalue weighted by molar-refractivity contribution is 7.92. The number of sulfonamides is 1. The fraction of sp³-hybridized carbons (Fsp3) is 0.300. The van der Waals surface area contributed by atoms with E-state index in [0.717, 1.165) is 16.1 Å². The van der Waals surface area contributed by atoms with Gasteiger partial charge in [0.15, 0.2) is 0 Å². The van der Waals surface area contributed by atoms with Crippen molar-refractivity contribution in [1.29, 1.82) is 0 Å². The SMILES string of the molecule is CCOC(=O)c1ccc(C)c(NC(=O)CN(c2cccc(Cl)c2C)S(C)(=O)=O)c1. The van der Waals surface area contributed by atoms with Gasteiger partial charge in [0, 0.05) is 10.7 Å². The highest BCUT2D eigenvalue weighted by atomic mass is 35.5. The summed E-state index contributed by atoms with van der Waals surface area (Å²) in [6.07, 6.45) is 1.02. The van der Waals surface area contributed by atoms with E-state index < -0.39 is 28.4 Å². The van der Waals surface area contributed by atoms with Crippen molar-refractivity contribution in [2.24, 2.45) is 0 Å². The topological polar surface area (TPSA) is 92.8 Å². The van der Waals surface area contributed by atoms with Crippen molar-refractivity contribution in [3.63, 3.8) is 0 Å². The van der Waals surface area contributed by atoms with E-state index in [-0.39, 0.29) is 6.61 Å². The molecule has 2 aromatic rings. The number of ether oxygens (including phenoxy) is 1. The molecule has 1 N–H and O–H groups in total. The third kappa shape index (κ3) is 5.71. The van der Waals surface area contributed by atoms with Gasteiger partial charge in [0.25, 0.3) is 0 Å². The Morgan fingerprint density at radius 3 is 2.48 bits per heavy atom. The first-order valence-electron chi connectivity index (χ1n) is 8.85. The number of nitrogens with one attached hydrogen (secondary N) is 1. The lowest BCUT2D eigenvalue weighted by atomic mass is 10.1. The van der Waals surface area contributed by atoms with Crippen molar-refractivity contribution >= 4 is 44.9 Å². The molecule has 0 aliphatic rings. The van der Waals surface area contributed by atoms with E-state index >= 15 is 0 Å². The molecule has 0 unspecified atom stereocenters. The number of anilines is 2. The number of nitrogens with zero attached hydrogens (tertiary/aromatic N) is 1. The fourth-order valence-corrected chi connectivity index (χ4v) is 3.74. The van der Waals surface area contributed by atoms with Gasteiger partial charge >= 0.3 is 5.97 Å². The second-order valence-electron chi connectivity index (χ2n) is 6.45. The van der Waals surface area contributed by atoms with E-state index in [2.05, 4.69) is 5.32 Å². The molecule has 0 bridgehead atoms. The number of benzene rings is 2. The van der Waals surface area contributed by atoms with Gasteiger partial charge in [0.1, 0.15) is 6.54 Å². The number of hydrogen-bond donors (Lipinski definition) is 1. The molecule has 0 aliphatic heterocycles. The zero-order chi connectivity index (χ0) is 21.8. The van der Waals surface area contributed by atoms with Crippen LogP contribution in [0.1, 0.15) is 28.4 Å². The van der Waals surface area contributed by atoms with Gasteiger partial charge in [-0.05, 0) is 56.2 Å². The normalized spacial score (nSPS) is 11.1. The summed E-state index contributed by atoms with van der Waals surface area (Å²) in [5.41, 5.74) is 2.28. The zero-order valence-electron chi connectivity index (χ0n) is 16.7. The van der Waals surface area contributed by atoms with Crippen molar-refractivity contribution in [3.8, 4) is 0 Å². The van der Waals surface area contributed by atoms with E-state index in [4.69, 9.17) is 16.3 Å². The van der Waals surface area contributed by atoms with Gasteiger partial charge in [-0.1, -0.05) is 23.7 Å². The predicted molar refractivity (Wildman–Crippen MR) is 114 cm³/mol. The van der Waals surface area contributed by atoms with E-state index in [1.165, 1.54) is 6.07 Å². The second-order valence-corrected chi connectivity index (χ2v) is 8.77. The van der Waals surface area contributed by atoms with Crippen LogP contribution in [0.2, 0.25) is 5.02 Å². The highest BCUT2D eigenvalue weighted by Crippen LogP contribution is 2.28. The van der Waals surface area contributed by atoms with Crippen molar-refractivity contribution < 1.29 is 22.7 Å². The molecule has 0 fully saturated rings. The van der Waals surface area contributed by atoms with Crippen LogP contribution in [0.3, 0.4) is 0 Å². The van der Waals surface area contributed by atoms with Gasteiger partial charge in [-0.15, -0.1) is 0 Å². The monoisotopic (exact) mass is 438 g/mol. The van der Waals surface area contributed by atoms with Crippen molar-refractivity contribution in [2.45, 2.75) is 20.8 Å². The van der Waals surface area contributed by atoms with Crippen LogP contribution in [0.4, 0.5) is 11.4 Å². The average Bonchev–Trinajstić information content (AvgIpc) is 2.63. The summed E-state index contributed by atoms with van der Waals surface area (Å²) in [5, 5.41) is 3.07. The molecule has 9 heteroatoms. The first-order chi connectivity index (χ1) is 13.5. The number of hydrogen-bond acceptors (Lipinski definition) is 5. The van der Waals surface area contributed by atoms with Crippen LogP contribution in [0.5, 0.6) is 0 Å². The molecular formula is C20H23ClN2O5S. The van der Waals surface area contributed by atoms with Gasteiger partial charge in [-0.3, -0.25) is 9.10 Å². The lowest BCUT2D eigenvalue weighted by molar-refractivity contribution is -0.114. The molecule has 7 nitrogen and oxygen atoms in total. The summed E-state index contributed by atoms with van der Waals surface area (Å²) in [6, 6.07) is 9.63. The van der Waals surface area contributed by atoms with Crippen molar-refractivity contribution in [3.05, 3.63) is 58.1 Å². The Balaban J connectivity index is 2.29. The first-order valence-corrected chi connectivity index (χ1v) is 11.1. The maximum Gasteiger partial charge on any atom is 0.338 e. The number of amides is 1. The fourth-order valence-electron chi connectivity index (χ4n) is 2.67. The molecule has 0 atom stereocenters. The molecule has 156 valence electrons. The van der Waals surface area contributed by atoms with Crippen LogP contribution in [0.25, 0.3) is 0 Å². The Labute approximate surface area is 175 Å². The number of carbonyl (C=O) groups excluding carboxylic acids is 2. The average molecular weight is 439 g/mol. The molecule has 0 spiro atoms. The van der Waals surface area contributed by atoms with Gasteiger partial charge in [-0.2, -0.15) is 0 Å². The highest BCUT2D eigenvalue weighted by Gasteiger charge is 2.23. The lowest BCUT2D eigenvalue weighted by Crippen LogP contribution is -2.38. The lowest BCUT2D eigenvalue weighted by Gasteiger charge is -2.24. The van der Waals surface area contributed by atoms with E-state index in [1.54, 1.807) is 51.1 Å². The minimum atomic E-state index is -3.74. The summed E-state index contributed by atoms with van der Waals surface area (Å²) in [4.78, 5) is 24.6. The third-order valence-corrected chi connectivity index (χ3v) is 5.75. The molecule has 2 rings (SSSR count). The molecule has 0 aromatic heterocycles. The Morgan fingerprint density at radius 2 is 1.86 bits per heavy atom. The summed E-state index contributed by atoms with van der Waals surface area (Å²) >= 11 is 6.10. The number of esters is 1. The van der Waals surface area contributed by atoms with Gasteiger partial charge < -0.3 is 10.1 Å². The largest absolute Gasteiger partial charge is 0.462 e. The summed E-state index contributed by atoms with van der Waals surface area (Å²) < 4.78 is 30.6. The number of carbonyl (C=O) groups is 2. The van der Waals surface area contributed by atoms with Crippen LogP contribution in [0.15, 0.2) is 36.4 Å². The molecule has 0 saturated carbocycles. The summed E-state index contributed by atoms with van der Waals surface area (Å²) in [5.74, 6) is -1.06. The van der Waals surface area contributed by atoms with Crippen LogP contribution in [-0.4, -0.2) is 39.7 Å². The van der Waals surface area contributed by atoms with E-state index in [1.807, 2.05) is 0 Å². The van der Waals surface area contributed by atoms with Gasteiger partial charge in [-0.25, -0.2) is 13.2 Å². The summed E-state index contributed by atoms with van der Waals surface area (Å²) in [6.45, 7) is 4.94. The Morgan fingerprint density at radius 1 is 1.17 bits per heavy atom. The van der Waals surface area contributed by atoms with Crippen molar-refractivity contribution in [2.75, 3.05) is 29.0 Å². The molecule has 0 aliphatic carbocycles. The van der Waals surface area contributed by atoms with Crippen LogP contribution in [0, 0.1) is 13.8 Å². The first kappa shape index (κ1) is 22.7. The smallest absolute Gasteiger partial charge is 0.338 e. The number of halogens is 1. The maximum absolute atomic E-state index is 12.6. The van der Waals surface area contributed by atoms with Crippen molar-refractivity contribution in [1.82, 2.24) is 0 Å². The standard InChI is InChI=1S/C20H23ClN2O5S/c1-5-28-20(25)15-10-9-13(2)17(11-15)22-19(24)12-23(29(4,26)27)18-8-6-7-16(21)14(18)3/h6-11H,5,12H2,1-4H3,(H,22,24). The molecular weight excluding hydrogens is 416 g/mol. The zero-order valence-corrected chi connectivity index (χ0v) is 18.2. The van der Waals surface area contributed by atoms with Gasteiger partial charge in [0.2, 0.25) is 15.9 Å².